The fraction of sp³-hybridized carbons (Fsp3) is 0.222. The van der Waals surface area contributed by atoms with Gasteiger partial charge in [-0.3, -0.25) is 4.79 Å². The zero-order valence-corrected chi connectivity index (χ0v) is 17.0. The molecule has 2 aromatic heterocycles. The van der Waals surface area contributed by atoms with E-state index in [9.17, 15) is 4.79 Å². The number of benzene rings is 1. The van der Waals surface area contributed by atoms with Crippen molar-refractivity contribution in [3.05, 3.63) is 45.7 Å². The van der Waals surface area contributed by atoms with Crippen molar-refractivity contribution >= 4 is 45.9 Å². The first-order chi connectivity index (χ1) is 13.1. The molecule has 1 N–H and O–H groups in total. The molecule has 0 saturated carbocycles. The number of nitrogens with zero attached hydrogens (tertiary/aromatic N) is 1. The second-order valence-corrected chi connectivity index (χ2v) is 7.88. The van der Waals surface area contributed by atoms with Gasteiger partial charge in [-0.15, -0.1) is 22.7 Å². The van der Waals surface area contributed by atoms with Crippen LogP contribution >= 0.6 is 34.3 Å². The summed E-state index contributed by atoms with van der Waals surface area (Å²) in [5, 5.41) is 5.31. The number of thiophene rings is 1. The van der Waals surface area contributed by atoms with Crippen LogP contribution in [0.1, 0.15) is 10.5 Å². The third kappa shape index (κ3) is 4.98. The zero-order valence-electron chi connectivity index (χ0n) is 14.7. The number of amides is 1. The van der Waals surface area contributed by atoms with Gasteiger partial charge >= 0.3 is 0 Å². The van der Waals surface area contributed by atoms with Crippen LogP contribution in [0.25, 0.3) is 9.88 Å². The molecule has 0 fully saturated rings. The van der Waals surface area contributed by atoms with Crippen molar-refractivity contribution in [2.45, 2.75) is 0 Å². The van der Waals surface area contributed by atoms with Gasteiger partial charge in [0.25, 0.3) is 5.91 Å². The van der Waals surface area contributed by atoms with Crippen molar-refractivity contribution in [3.8, 4) is 21.4 Å². The number of halogens is 1. The summed E-state index contributed by atoms with van der Waals surface area (Å²) in [5.74, 6) is 0.808. The van der Waals surface area contributed by atoms with Gasteiger partial charge in [0, 0.05) is 24.2 Å². The van der Waals surface area contributed by atoms with Crippen LogP contribution in [0.15, 0.2) is 35.7 Å². The maximum atomic E-state index is 12.5. The van der Waals surface area contributed by atoms with Gasteiger partial charge in [0.15, 0.2) is 11.5 Å². The van der Waals surface area contributed by atoms with Gasteiger partial charge < -0.3 is 19.5 Å². The van der Waals surface area contributed by atoms with E-state index in [1.807, 2.05) is 12.1 Å². The predicted molar refractivity (Wildman–Crippen MR) is 109 cm³/mol. The lowest BCUT2D eigenvalue weighted by atomic mass is 10.2. The number of carbonyl (C=O) groups is 1. The fourth-order valence-corrected chi connectivity index (χ4v) is 4.13. The molecule has 1 aromatic carbocycles. The van der Waals surface area contributed by atoms with Crippen LogP contribution < -0.4 is 14.8 Å². The predicted octanol–water partition coefficient (Wildman–Crippen LogP) is 4.81. The Balaban J connectivity index is 1.72. The Morgan fingerprint density at radius 2 is 2.04 bits per heavy atom. The number of methoxy groups -OCH3 is 2. The Hall–Kier alpha value is -2.13. The number of anilines is 1. The third-order valence-corrected chi connectivity index (χ3v) is 5.73. The molecule has 1 amide bonds. The molecule has 0 spiro atoms. The summed E-state index contributed by atoms with van der Waals surface area (Å²) in [6.45, 7) is 0.831. The summed E-state index contributed by atoms with van der Waals surface area (Å²) in [4.78, 5) is 17.8. The van der Waals surface area contributed by atoms with Gasteiger partial charge in [-0.05, 0) is 24.3 Å². The number of rotatable bonds is 8. The van der Waals surface area contributed by atoms with Crippen LogP contribution in [-0.2, 0) is 4.74 Å². The van der Waals surface area contributed by atoms with E-state index in [1.54, 1.807) is 37.8 Å². The largest absolute Gasteiger partial charge is 0.493 e. The van der Waals surface area contributed by atoms with Crippen LogP contribution in [0.3, 0.4) is 0 Å². The Labute approximate surface area is 169 Å². The molecule has 0 radical (unpaired) electrons. The molecule has 142 valence electrons. The second kappa shape index (κ2) is 9.18. The van der Waals surface area contributed by atoms with Crippen LogP contribution in [0.2, 0.25) is 4.34 Å². The summed E-state index contributed by atoms with van der Waals surface area (Å²) >= 11 is 8.78. The van der Waals surface area contributed by atoms with Gasteiger partial charge in [-0.1, -0.05) is 11.6 Å². The SMILES string of the molecule is COCCOc1cc(NC(=O)c2csc(-c3ccc(Cl)s3)n2)ccc1OC. The molecule has 0 saturated heterocycles. The second-order valence-electron chi connectivity index (χ2n) is 5.30. The average Bonchev–Trinajstić information content (AvgIpc) is 3.31. The van der Waals surface area contributed by atoms with Crippen LogP contribution in [0.5, 0.6) is 11.5 Å². The Morgan fingerprint density at radius 1 is 1.19 bits per heavy atom. The monoisotopic (exact) mass is 424 g/mol. The first-order valence-electron chi connectivity index (χ1n) is 7.93. The van der Waals surface area contributed by atoms with Crippen LogP contribution in [0, 0.1) is 0 Å². The molecule has 0 bridgehead atoms. The first kappa shape index (κ1) is 19.6. The Bertz CT molecular complexity index is 926. The summed E-state index contributed by atoms with van der Waals surface area (Å²) in [7, 11) is 3.16. The van der Waals surface area contributed by atoms with Crippen molar-refractivity contribution in [1.82, 2.24) is 4.98 Å². The molecule has 9 heteroatoms. The summed E-state index contributed by atoms with van der Waals surface area (Å²) in [6.07, 6.45) is 0. The molecular weight excluding hydrogens is 408 g/mol. The van der Waals surface area contributed by atoms with E-state index in [2.05, 4.69) is 10.3 Å². The number of carbonyl (C=O) groups excluding carboxylic acids is 1. The highest BCUT2D eigenvalue weighted by molar-refractivity contribution is 7.23. The van der Waals surface area contributed by atoms with Crippen LogP contribution in [0.4, 0.5) is 5.69 Å². The number of thiazole rings is 1. The average molecular weight is 425 g/mol. The van der Waals surface area contributed by atoms with E-state index in [0.717, 1.165) is 9.88 Å². The highest BCUT2D eigenvalue weighted by Gasteiger charge is 2.14. The van der Waals surface area contributed by atoms with Crippen molar-refractivity contribution in [2.75, 3.05) is 32.8 Å². The molecule has 2 heterocycles. The number of aromatic nitrogens is 1. The van der Waals surface area contributed by atoms with E-state index in [4.69, 9.17) is 25.8 Å². The van der Waals surface area contributed by atoms with E-state index in [1.165, 1.54) is 22.7 Å². The minimum Gasteiger partial charge on any atom is -0.493 e. The quantitative estimate of drug-likeness (QED) is 0.525. The lowest BCUT2D eigenvalue weighted by Gasteiger charge is -2.12. The van der Waals surface area contributed by atoms with E-state index >= 15 is 0 Å². The highest BCUT2D eigenvalue weighted by atomic mass is 35.5. The Kier molecular flexibility index (Phi) is 6.68. The molecule has 6 nitrogen and oxygen atoms in total. The van der Waals surface area contributed by atoms with Gasteiger partial charge in [0.2, 0.25) is 0 Å². The number of hydrogen-bond acceptors (Lipinski definition) is 7. The zero-order chi connectivity index (χ0) is 19.2. The first-order valence-corrected chi connectivity index (χ1v) is 10.0. The molecule has 0 aliphatic carbocycles. The maximum Gasteiger partial charge on any atom is 0.275 e. The molecule has 0 aliphatic heterocycles. The normalized spacial score (nSPS) is 10.6. The summed E-state index contributed by atoms with van der Waals surface area (Å²) < 4.78 is 16.6. The van der Waals surface area contributed by atoms with Crippen molar-refractivity contribution in [1.29, 1.82) is 0 Å². The molecular formula is C18H17ClN2O4S2. The van der Waals surface area contributed by atoms with Gasteiger partial charge in [0.05, 0.1) is 22.9 Å². The van der Waals surface area contributed by atoms with E-state index in [-0.39, 0.29) is 5.91 Å². The van der Waals surface area contributed by atoms with Crippen LogP contribution in [-0.4, -0.2) is 38.3 Å². The smallest absolute Gasteiger partial charge is 0.275 e. The fourth-order valence-electron chi connectivity index (χ4n) is 2.22. The molecule has 3 aromatic rings. The standard InChI is InChI=1S/C18H17ClN2O4S2/c1-23-7-8-25-14-9-11(3-4-13(14)24-2)20-17(22)12-10-26-18(21-12)15-5-6-16(19)27-15/h3-6,9-10H,7-8H2,1-2H3,(H,20,22). The lowest BCUT2D eigenvalue weighted by Crippen LogP contribution is -2.12. The molecule has 3 rings (SSSR count). The van der Waals surface area contributed by atoms with Gasteiger partial charge in [-0.2, -0.15) is 0 Å². The summed E-state index contributed by atoms with van der Waals surface area (Å²) in [6, 6.07) is 8.88. The van der Waals surface area contributed by atoms with E-state index < -0.39 is 0 Å². The Morgan fingerprint density at radius 3 is 2.74 bits per heavy atom. The summed E-state index contributed by atoms with van der Waals surface area (Å²) in [5.41, 5.74) is 0.930. The third-order valence-electron chi connectivity index (χ3n) is 3.49. The molecule has 0 unspecified atom stereocenters. The van der Waals surface area contributed by atoms with Crippen molar-refractivity contribution < 1.29 is 19.0 Å². The van der Waals surface area contributed by atoms with Crippen molar-refractivity contribution in [3.63, 3.8) is 0 Å². The molecule has 0 aliphatic rings. The highest BCUT2D eigenvalue weighted by Crippen LogP contribution is 2.33. The van der Waals surface area contributed by atoms with Crippen molar-refractivity contribution in [2.24, 2.45) is 0 Å². The van der Waals surface area contributed by atoms with Gasteiger partial charge in [0.1, 0.15) is 17.3 Å². The molecule has 0 atom stereocenters. The minimum absolute atomic E-state index is 0.298. The number of nitrogens with one attached hydrogen (secondary N) is 1. The molecule has 27 heavy (non-hydrogen) atoms. The minimum atomic E-state index is -0.298. The number of ether oxygens (including phenoxy) is 3. The maximum absolute atomic E-state index is 12.5. The van der Waals surface area contributed by atoms with E-state index in [0.29, 0.717) is 40.4 Å². The topological polar surface area (TPSA) is 69.7 Å². The lowest BCUT2D eigenvalue weighted by molar-refractivity contribution is 0.102. The number of hydrogen-bond donors (Lipinski definition) is 1. The van der Waals surface area contributed by atoms with Gasteiger partial charge in [-0.25, -0.2) is 4.98 Å².